The van der Waals surface area contributed by atoms with E-state index in [9.17, 15) is 31.5 Å². The van der Waals surface area contributed by atoms with E-state index in [1.165, 1.54) is 41.0 Å². The summed E-state index contributed by atoms with van der Waals surface area (Å²) in [6.07, 6.45) is 2.35. The van der Waals surface area contributed by atoms with Crippen molar-refractivity contribution in [2.45, 2.75) is 43.5 Å². The van der Waals surface area contributed by atoms with Crippen molar-refractivity contribution in [3.63, 3.8) is 0 Å². The molecular formula is C20H20F3N5O4S. The molecule has 4 rings (SSSR count). The zero-order chi connectivity index (χ0) is 23.9. The van der Waals surface area contributed by atoms with Gasteiger partial charge in [-0.15, -0.1) is 0 Å². The Labute approximate surface area is 187 Å². The number of fused-ring (bicyclic) bond motifs is 1. The average molecular weight is 483 g/mol. The molecule has 1 N–H and O–H groups in total. The minimum atomic E-state index is -4.08. The van der Waals surface area contributed by atoms with E-state index in [2.05, 4.69) is 10.2 Å². The molecule has 0 aliphatic carbocycles. The van der Waals surface area contributed by atoms with Crippen LogP contribution in [0.25, 0.3) is 0 Å². The smallest absolute Gasteiger partial charge is 0.286 e. The lowest BCUT2D eigenvalue weighted by Crippen LogP contribution is -2.33. The lowest BCUT2D eigenvalue weighted by Gasteiger charge is -2.22. The number of amides is 1. The predicted octanol–water partition coefficient (Wildman–Crippen LogP) is 1.57. The van der Waals surface area contributed by atoms with Gasteiger partial charge in [-0.1, -0.05) is 12.1 Å². The molecule has 0 saturated carbocycles. The van der Waals surface area contributed by atoms with E-state index in [0.29, 0.717) is 11.3 Å². The normalized spacial score (nSPS) is 15.5. The van der Waals surface area contributed by atoms with Crippen LogP contribution in [0.5, 0.6) is 0 Å². The molecule has 0 bridgehead atoms. The Morgan fingerprint density at radius 1 is 1.24 bits per heavy atom. The molecule has 0 radical (unpaired) electrons. The Bertz CT molecular complexity index is 1280. The minimum Gasteiger partial charge on any atom is -0.395 e. The molecule has 3 heterocycles. The van der Waals surface area contributed by atoms with Gasteiger partial charge in [0.05, 0.1) is 37.5 Å². The number of aromatic nitrogens is 4. The van der Waals surface area contributed by atoms with Gasteiger partial charge in [0.25, 0.3) is 10.0 Å². The quantitative estimate of drug-likeness (QED) is 0.546. The van der Waals surface area contributed by atoms with Crippen molar-refractivity contribution >= 4 is 15.9 Å². The van der Waals surface area contributed by atoms with Crippen LogP contribution in [0, 0.1) is 11.6 Å². The fourth-order valence-corrected chi connectivity index (χ4v) is 4.79. The van der Waals surface area contributed by atoms with Crippen LogP contribution in [0.3, 0.4) is 0 Å². The van der Waals surface area contributed by atoms with Crippen LogP contribution >= 0.6 is 0 Å². The summed E-state index contributed by atoms with van der Waals surface area (Å²) in [5, 5.41) is 17.6. The first kappa shape index (κ1) is 23.0. The summed E-state index contributed by atoms with van der Waals surface area (Å²) in [6, 6.07) is 3.38. The topological polar surface area (TPSA) is 110 Å². The van der Waals surface area contributed by atoms with Gasteiger partial charge in [-0.25, -0.2) is 13.2 Å². The average Bonchev–Trinajstić information content (AvgIpc) is 3.46. The molecule has 1 unspecified atom stereocenters. The molecule has 1 amide bonds. The molecule has 0 fully saturated rings. The second-order valence-electron chi connectivity index (χ2n) is 7.73. The van der Waals surface area contributed by atoms with Gasteiger partial charge in [0, 0.05) is 30.1 Å². The van der Waals surface area contributed by atoms with Crippen molar-refractivity contribution in [3.8, 4) is 0 Å². The lowest BCUT2D eigenvalue weighted by atomic mass is 9.97. The van der Waals surface area contributed by atoms with Gasteiger partial charge >= 0.3 is 0 Å². The maximum atomic E-state index is 14.1. The third-order valence-electron chi connectivity index (χ3n) is 5.30. The van der Waals surface area contributed by atoms with E-state index < -0.39 is 46.3 Å². The zero-order valence-corrected chi connectivity index (χ0v) is 18.2. The Hall–Kier alpha value is -3.19. The number of carbonyl (C=O) groups excluding carboxylic acids is 1. The van der Waals surface area contributed by atoms with Crippen LogP contribution in [-0.2, 0) is 34.5 Å². The zero-order valence-electron chi connectivity index (χ0n) is 17.4. The predicted molar refractivity (Wildman–Crippen MR) is 108 cm³/mol. The Morgan fingerprint density at radius 3 is 2.67 bits per heavy atom. The van der Waals surface area contributed by atoms with E-state index in [4.69, 9.17) is 0 Å². The summed E-state index contributed by atoms with van der Waals surface area (Å²) in [5.74, 6) is -4.30. The summed E-state index contributed by atoms with van der Waals surface area (Å²) in [6.45, 7) is 0.410. The van der Waals surface area contributed by atoms with Crippen LogP contribution in [0.15, 0.2) is 41.7 Å². The molecule has 2 atom stereocenters. The van der Waals surface area contributed by atoms with Crippen molar-refractivity contribution in [1.82, 2.24) is 23.9 Å². The van der Waals surface area contributed by atoms with Gasteiger partial charge in [-0.3, -0.25) is 9.48 Å². The number of hydrogen-bond acceptors (Lipinski definition) is 6. The van der Waals surface area contributed by atoms with E-state index in [1.54, 1.807) is 0 Å². The molecule has 13 heteroatoms. The molecule has 1 aromatic carbocycles. The minimum absolute atomic E-state index is 0.0181. The summed E-state index contributed by atoms with van der Waals surface area (Å²) < 4.78 is 68.4. The maximum absolute atomic E-state index is 14.1. The van der Waals surface area contributed by atoms with Crippen LogP contribution < -0.4 is 0 Å². The van der Waals surface area contributed by atoms with Crippen molar-refractivity contribution in [2.75, 3.05) is 6.61 Å². The molecule has 3 aromatic rings. The second-order valence-corrected chi connectivity index (χ2v) is 9.53. The van der Waals surface area contributed by atoms with Crippen molar-refractivity contribution in [2.24, 2.45) is 0 Å². The van der Waals surface area contributed by atoms with Gasteiger partial charge in [-0.05, 0) is 13.0 Å². The van der Waals surface area contributed by atoms with Gasteiger partial charge in [0.1, 0.15) is 11.1 Å². The van der Waals surface area contributed by atoms with Crippen LogP contribution in [0.4, 0.5) is 13.2 Å². The van der Waals surface area contributed by atoms with Crippen LogP contribution in [-0.4, -0.2) is 56.1 Å². The Morgan fingerprint density at radius 2 is 2.00 bits per heavy atom. The largest absolute Gasteiger partial charge is 0.395 e. The number of rotatable bonds is 7. The first-order valence-corrected chi connectivity index (χ1v) is 11.4. The van der Waals surface area contributed by atoms with Gasteiger partial charge in [0.15, 0.2) is 11.6 Å². The highest BCUT2D eigenvalue weighted by Gasteiger charge is 2.34. The van der Waals surface area contributed by atoms with Crippen molar-refractivity contribution < 1.29 is 31.5 Å². The Kier molecular flexibility index (Phi) is 6.01. The second kappa shape index (κ2) is 8.63. The van der Waals surface area contributed by atoms with Gasteiger partial charge in [0.2, 0.25) is 5.91 Å². The van der Waals surface area contributed by atoms with E-state index >= 15 is 0 Å². The molecule has 1 aliphatic rings. The van der Waals surface area contributed by atoms with Gasteiger partial charge < -0.3 is 10.0 Å². The summed E-state index contributed by atoms with van der Waals surface area (Å²) >= 11 is 0. The summed E-state index contributed by atoms with van der Waals surface area (Å²) in [5.41, 5.74) is 0.500. The summed E-state index contributed by atoms with van der Waals surface area (Å²) in [4.78, 5) is 14.0. The number of benzene rings is 1. The molecule has 33 heavy (non-hydrogen) atoms. The van der Waals surface area contributed by atoms with Crippen LogP contribution in [0.2, 0.25) is 0 Å². The highest BCUT2D eigenvalue weighted by atomic mass is 32.2. The number of alkyl halides is 1. The number of nitrogens with zero attached hydrogens (tertiary/aromatic N) is 5. The highest BCUT2D eigenvalue weighted by Crippen LogP contribution is 2.29. The van der Waals surface area contributed by atoms with E-state index in [0.717, 1.165) is 16.4 Å². The molecule has 2 aromatic heterocycles. The first-order chi connectivity index (χ1) is 15.6. The standard InChI is InChI=1S/C20H20F3N5O4S/c1-12(21)6-27-9-14(5-24-27)33(31,32)28-8-13-7-26(10-18(13)25-28)20(30)16(11-29)15-3-2-4-17(22)19(15)23/h2-5,8-9,12,16,29H,6-7,10-11H2,1H3/t12?,16-/m1/s1. The molecular weight excluding hydrogens is 463 g/mol. The maximum Gasteiger partial charge on any atom is 0.286 e. The molecule has 176 valence electrons. The SMILES string of the molecule is CC(F)Cn1cc(S(=O)(=O)n2cc3c(n2)CN(C(=O)[C@H](CO)c2cccc(F)c2F)C3)cn1. The van der Waals surface area contributed by atoms with E-state index in [-0.39, 0.29) is 30.1 Å². The fourth-order valence-electron chi connectivity index (χ4n) is 3.67. The Balaban J connectivity index is 1.52. The molecule has 0 spiro atoms. The number of aliphatic hydroxyl groups is 1. The fraction of sp³-hybridized carbons (Fsp3) is 0.350. The van der Waals surface area contributed by atoms with E-state index in [1.807, 2.05) is 0 Å². The lowest BCUT2D eigenvalue weighted by molar-refractivity contribution is -0.134. The number of carbonyl (C=O) groups is 1. The third kappa shape index (κ3) is 4.25. The molecule has 0 saturated heterocycles. The first-order valence-electron chi connectivity index (χ1n) is 9.95. The van der Waals surface area contributed by atoms with Gasteiger partial charge in [-0.2, -0.15) is 22.7 Å². The van der Waals surface area contributed by atoms with Crippen LogP contribution in [0.1, 0.15) is 29.7 Å². The number of halogens is 3. The van der Waals surface area contributed by atoms with Crippen molar-refractivity contribution in [1.29, 1.82) is 0 Å². The van der Waals surface area contributed by atoms with Crippen molar-refractivity contribution in [3.05, 3.63) is 65.2 Å². The molecule has 1 aliphatic heterocycles. The number of hydrogen-bond donors (Lipinski definition) is 1. The highest BCUT2D eigenvalue weighted by molar-refractivity contribution is 7.89. The third-order valence-corrected chi connectivity index (χ3v) is 6.79. The summed E-state index contributed by atoms with van der Waals surface area (Å²) in [7, 11) is -4.08. The number of aliphatic hydroxyl groups excluding tert-OH is 1. The monoisotopic (exact) mass is 483 g/mol. The molecule has 9 nitrogen and oxygen atoms in total.